The maximum Gasteiger partial charge on any atom is 0.287 e. The van der Waals surface area contributed by atoms with Crippen LogP contribution < -0.4 is 10.5 Å². The number of benzene rings is 3. The molecule has 7 nitrogen and oxygen atoms in total. The summed E-state index contributed by atoms with van der Waals surface area (Å²) in [5.41, 5.74) is 2.27. The summed E-state index contributed by atoms with van der Waals surface area (Å²) in [4.78, 5) is 16.3. The number of hydrogen-bond acceptors (Lipinski definition) is 6. The molecule has 0 atom stereocenters. The zero-order chi connectivity index (χ0) is 26.7. The second-order valence-corrected chi connectivity index (χ2v) is 12.4. The third kappa shape index (κ3) is 5.62. The highest BCUT2D eigenvalue weighted by molar-refractivity contribution is 7.98. The molecule has 0 saturated carbocycles. The molecule has 1 aromatic heterocycles. The fraction of sp³-hybridized carbons (Fsp3) is 0.185. The molecule has 4 aromatic rings. The number of anilines is 1. The van der Waals surface area contributed by atoms with Crippen LogP contribution in [-0.4, -0.2) is 48.7 Å². The summed E-state index contributed by atoms with van der Waals surface area (Å²) >= 11 is 13.6. The van der Waals surface area contributed by atoms with Crippen molar-refractivity contribution >= 4 is 50.7 Å². The summed E-state index contributed by atoms with van der Waals surface area (Å²) < 4.78 is 29.3. The van der Waals surface area contributed by atoms with Crippen LogP contribution in [0.3, 0.4) is 0 Å². The lowest BCUT2D eigenvalue weighted by Crippen LogP contribution is -2.49. The molecule has 2 heterocycles. The SMILES string of the molecule is O=c1c(SCc2ccccc2)c(N2CCN(S(=O)(=O)c3ccc(Cl)cc3Cl)CC2)cnn1-c1ccccc1. The Morgan fingerprint density at radius 3 is 2.18 bits per heavy atom. The molecule has 5 rings (SSSR count). The Labute approximate surface area is 235 Å². The maximum atomic E-state index is 13.6. The van der Waals surface area contributed by atoms with Crippen molar-refractivity contribution in [3.63, 3.8) is 0 Å². The van der Waals surface area contributed by atoms with Crippen molar-refractivity contribution in [3.8, 4) is 5.69 Å². The molecular weight excluding hydrogens is 563 g/mol. The molecule has 0 spiro atoms. The van der Waals surface area contributed by atoms with Crippen molar-refractivity contribution in [2.45, 2.75) is 15.5 Å². The molecule has 1 fully saturated rings. The summed E-state index contributed by atoms with van der Waals surface area (Å²) in [7, 11) is -3.79. The fourth-order valence-corrected chi connectivity index (χ4v) is 7.48. The average molecular weight is 588 g/mol. The van der Waals surface area contributed by atoms with E-state index >= 15 is 0 Å². The molecule has 196 valence electrons. The molecular formula is C27H24Cl2N4O3S2. The smallest absolute Gasteiger partial charge is 0.287 e. The Balaban J connectivity index is 1.42. The summed E-state index contributed by atoms with van der Waals surface area (Å²) in [6, 6.07) is 23.6. The van der Waals surface area contributed by atoms with E-state index in [0.29, 0.717) is 40.1 Å². The fourth-order valence-electron chi connectivity index (χ4n) is 4.27. The highest BCUT2D eigenvalue weighted by Crippen LogP contribution is 2.32. The first-order valence-corrected chi connectivity index (χ1v) is 15.1. The Morgan fingerprint density at radius 2 is 1.53 bits per heavy atom. The molecule has 1 saturated heterocycles. The highest BCUT2D eigenvalue weighted by Gasteiger charge is 2.31. The van der Waals surface area contributed by atoms with Gasteiger partial charge in [-0.25, -0.2) is 8.42 Å². The normalized spacial score (nSPS) is 14.5. The van der Waals surface area contributed by atoms with E-state index in [-0.39, 0.29) is 28.6 Å². The minimum absolute atomic E-state index is 0.0308. The summed E-state index contributed by atoms with van der Waals surface area (Å²) in [5.74, 6) is 0.616. The predicted octanol–water partition coefficient (Wildman–Crippen LogP) is 5.34. The number of rotatable bonds is 7. The van der Waals surface area contributed by atoms with Crippen LogP contribution in [0.4, 0.5) is 5.69 Å². The Morgan fingerprint density at radius 1 is 0.868 bits per heavy atom. The first-order valence-electron chi connectivity index (χ1n) is 11.9. The van der Waals surface area contributed by atoms with Crippen LogP contribution in [0.2, 0.25) is 10.0 Å². The van der Waals surface area contributed by atoms with Gasteiger partial charge in [-0.15, -0.1) is 11.8 Å². The topological polar surface area (TPSA) is 75.5 Å². The van der Waals surface area contributed by atoms with Gasteiger partial charge >= 0.3 is 0 Å². The van der Waals surface area contributed by atoms with Crippen LogP contribution in [0.25, 0.3) is 5.69 Å². The molecule has 1 aliphatic rings. The molecule has 0 unspecified atom stereocenters. The van der Waals surface area contributed by atoms with Gasteiger partial charge in [0.25, 0.3) is 5.56 Å². The molecule has 0 radical (unpaired) electrons. The van der Waals surface area contributed by atoms with Crippen LogP contribution in [0.5, 0.6) is 0 Å². The van der Waals surface area contributed by atoms with Crippen LogP contribution in [-0.2, 0) is 15.8 Å². The monoisotopic (exact) mass is 586 g/mol. The van der Waals surface area contributed by atoms with Gasteiger partial charge in [0.2, 0.25) is 10.0 Å². The Hall–Kier alpha value is -2.82. The standard InChI is InChI=1S/C27H24Cl2N4O3S2/c28-21-11-12-25(23(29)17-21)38(35,36)32-15-13-31(14-16-32)24-18-30-33(22-9-5-2-6-10-22)27(34)26(24)37-19-20-7-3-1-4-8-20/h1-12,17-18H,13-16,19H2. The highest BCUT2D eigenvalue weighted by atomic mass is 35.5. The van der Waals surface area contributed by atoms with E-state index in [1.807, 2.05) is 65.6 Å². The summed E-state index contributed by atoms with van der Waals surface area (Å²) in [6.45, 7) is 1.29. The lowest BCUT2D eigenvalue weighted by molar-refractivity contribution is 0.384. The third-order valence-electron chi connectivity index (χ3n) is 6.23. The van der Waals surface area contributed by atoms with Crippen molar-refractivity contribution in [2.75, 3.05) is 31.1 Å². The molecule has 38 heavy (non-hydrogen) atoms. The zero-order valence-corrected chi connectivity index (χ0v) is 23.3. The van der Waals surface area contributed by atoms with Crippen LogP contribution in [0.1, 0.15) is 5.56 Å². The van der Waals surface area contributed by atoms with Crippen LogP contribution in [0.15, 0.2) is 99.6 Å². The molecule has 0 bridgehead atoms. The minimum Gasteiger partial charge on any atom is -0.367 e. The lowest BCUT2D eigenvalue weighted by atomic mass is 10.2. The van der Waals surface area contributed by atoms with Crippen molar-refractivity contribution in [1.29, 1.82) is 0 Å². The number of nitrogens with zero attached hydrogens (tertiary/aromatic N) is 4. The van der Waals surface area contributed by atoms with E-state index in [2.05, 4.69) is 5.10 Å². The van der Waals surface area contributed by atoms with Crippen molar-refractivity contribution in [2.24, 2.45) is 0 Å². The number of piperazine rings is 1. The molecule has 0 amide bonds. The molecule has 11 heteroatoms. The zero-order valence-electron chi connectivity index (χ0n) is 20.2. The summed E-state index contributed by atoms with van der Waals surface area (Å²) in [5, 5.41) is 4.93. The molecule has 0 N–H and O–H groups in total. The van der Waals surface area contributed by atoms with Gasteiger partial charge in [0.05, 0.1) is 22.6 Å². The van der Waals surface area contributed by atoms with Gasteiger partial charge in [-0.1, -0.05) is 71.7 Å². The van der Waals surface area contributed by atoms with Crippen LogP contribution >= 0.6 is 35.0 Å². The van der Waals surface area contributed by atoms with E-state index in [1.54, 1.807) is 6.20 Å². The van der Waals surface area contributed by atoms with Gasteiger partial charge in [-0.3, -0.25) is 4.79 Å². The largest absolute Gasteiger partial charge is 0.367 e. The number of para-hydroxylation sites is 1. The molecule has 3 aromatic carbocycles. The van der Waals surface area contributed by atoms with E-state index in [1.165, 1.54) is 38.9 Å². The number of hydrogen-bond donors (Lipinski definition) is 0. The van der Waals surface area contributed by atoms with E-state index in [4.69, 9.17) is 23.2 Å². The van der Waals surface area contributed by atoms with Crippen molar-refractivity contribution in [3.05, 3.63) is 111 Å². The predicted molar refractivity (Wildman–Crippen MR) is 153 cm³/mol. The number of sulfonamides is 1. The van der Waals surface area contributed by atoms with Crippen molar-refractivity contribution in [1.82, 2.24) is 14.1 Å². The molecule has 1 aliphatic heterocycles. The van der Waals surface area contributed by atoms with E-state index in [9.17, 15) is 13.2 Å². The minimum atomic E-state index is -3.79. The third-order valence-corrected chi connectivity index (χ3v) is 10.00. The van der Waals surface area contributed by atoms with E-state index in [0.717, 1.165) is 5.56 Å². The number of aromatic nitrogens is 2. The van der Waals surface area contributed by atoms with Gasteiger partial charge < -0.3 is 4.90 Å². The molecule has 0 aliphatic carbocycles. The number of thioether (sulfide) groups is 1. The maximum absolute atomic E-state index is 13.6. The lowest BCUT2D eigenvalue weighted by Gasteiger charge is -2.36. The van der Waals surface area contributed by atoms with Gasteiger partial charge in [0.1, 0.15) is 9.79 Å². The second kappa shape index (κ2) is 11.5. The van der Waals surface area contributed by atoms with Gasteiger partial charge in [-0.2, -0.15) is 14.1 Å². The van der Waals surface area contributed by atoms with E-state index < -0.39 is 10.0 Å². The first kappa shape index (κ1) is 26.8. The van der Waals surface area contributed by atoms with Gasteiger partial charge in [-0.05, 0) is 35.9 Å². The quantitative estimate of drug-likeness (QED) is 0.272. The van der Waals surface area contributed by atoms with Crippen molar-refractivity contribution < 1.29 is 8.42 Å². The van der Waals surface area contributed by atoms with Gasteiger partial charge in [0, 0.05) is 37.0 Å². The Bertz CT molecular complexity index is 1590. The summed E-state index contributed by atoms with van der Waals surface area (Å²) in [6.07, 6.45) is 1.70. The first-order chi connectivity index (χ1) is 18.3. The second-order valence-electron chi connectivity index (χ2n) is 8.65. The van der Waals surface area contributed by atoms with Crippen LogP contribution in [0, 0.1) is 0 Å². The average Bonchev–Trinajstić information content (AvgIpc) is 2.93. The van der Waals surface area contributed by atoms with Gasteiger partial charge in [0.15, 0.2) is 0 Å². The Kier molecular flexibility index (Phi) is 8.11. The number of halogens is 2.